The molecule has 0 bridgehead atoms. The maximum absolute atomic E-state index is 12.6. The zero-order chi connectivity index (χ0) is 22.5. The molecular formula is C22H17Cl2NO5S. The molecule has 1 amide bonds. The van der Waals surface area contributed by atoms with E-state index in [1.807, 2.05) is 0 Å². The number of aliphatic hydroxyl groups is 1. The van der Waals surface area contributed by atoms with Gasteiger partial charge in [-0.3, -0.25) is 4.79 Å². The van der Waals surface area contributed by atoms with Crippen LogP contribution in [0, 0.1) is 0 Å². The Bertz CT molecular complexity index is 1140. The highest BCUT2D eigenvalue weighted by atomic mass is 35.5. The number of hydrogen-bond acceptors (Lipinski definition) is 6. The van der Waals surface area contributed by atoms with Crippen LogP contribution in [0.5, 0.6) is 5.75 Å². The van der Waals surface area contributed by atoms with E-state index in [-0.39, 0.29) is 33.6 Å². The van der Waals surface area contributed by atoms with E-state index >= 15 is 0 Å². The van der Waals surface area contributed by atoms with E-state index in [0.717, 1.165) is 11.8 Å². The molecule has 0 fully saturated rings. The van der Waals surface area contributed by atoms with Crippen LogP contribution in [0.15, 0.2) is 63.7 Å². The van der Waals surface area contributed by atoms with Crippen molar-refractivity contribution in [3.8, 4) is 5.75 Å². The number of hydrogen-bond donors (Lipinski definition) is 1. The second-order valence-corrected chi connectivity index (χ2v) is 8.00. The van der Waals surface area contributed by atoms with Crippen molar-refractivity contribution in [2.45, 2.75) is 6.92 Å². The van der Waals surface area contributed by atoms with Crippen LogP contribution >= 0.6 is 35.0 Å². The Balaban J connectivity index is 2.03. The van der Waals surface area contributed by atoms with E-state index in [2.05, 4.69) is 4.99 Å². The zero-order valence-electron chi connectivity index (χ0n) is 16.5. The summed E-state index contributed by atoms with van der Waals surface area (Å²) >= 11 is 13.2. The molecule has 0 aromatic heterocycles. The monoisotopic (exact) mass is 477 g/mol. The summed E-state index contributed by atoms with van der Waals surface area (Å²) in [4.78, 5) is 29.4. The van der Waals surface area contributed by atoms with Gasteiger partial charge in [-0.05, 0) is 42.8 Å². The van der Waals surface area contributed by atoms with Crippen LogP contribution < -0.4 is 4.74 Å². The smallest absolute Gasteiger partial charge is 0.344 e. The predicted octanol–water partition coefficient (Wildman–Crippen LogP) is 5.70. The van der Waals surface area contributed by atoms with Crippen molar-refractivity contribution in [3.05, 3.63) is 79.9 Å². The van der Waals surface area contributed by atoms with Gasteiger partial charge in [0, 0.05) is 0 Å². The molecule has 1 aliphatic rings. The molecule has 6 nitrogen and oxygen atoms in total. The minimum atomic E-state index is -0.783. The molecule has 1 N–H and O–H groups in total. The molecule has 0 unspecified atom stereocenters. The second-order valence-electron chi connectivity index (χ2n) is 6.15. The molecule has 31 heavy (non-hydrogen) atoms. The summed E-state index contributed by atoms with van der Waals surface area (Å²) < 4.78 is 10.2. The number of ether oxygens (including phenoxy) is 2. The first kappa shape index (κ1) is 22.9. The molecule has 0 aliphatic carbocycles. The summed E-state index contributed by atoms with van der Waals surface area (Å²) in [5.41, 5.74) is 0.652. The Labute approximate surface area is 193 Å². The summed E-state index contributed by atoms with van der Waals surface area (Å²) in [7, 11) is 1.51. The van der Waals surface area contributed by atoms with E-state index < -0.39 is 11.9 Å². The Hall–Kier alpha value is -2.74. The normalized spacial score (nSPS) is 16.1. The average Bonchev–Trinajstić information content (AvgIpc) is 3.03. The van der Waals surface area contributed by atoms with E-state index in [1.54, 1.807) is 49.4 Å². The largest absolute Gasteiger partial charge is 0.506 e. The molecule has 9 heteroatoms. The number of nitrogens with zero attached hydrogens (tertiary/aromatic N) is 1. The third kappa shape index (κ3) is 5.12. The van der Waals surface area contributed by atoms with Gasteiger partial charge in [0.1, 0.15) is 22.1 Å². The van der Waals surface area contributed by atoms with Crippen LogP contribution in [0.25, 0.3) is 6.08 Å². The summed E-state index contributed by atoms with van der Waals surface area (Å²) in [5.74, 6) is -1.26. The van der Waals surface area contributed by atoms with Crippen LogP contribution in [-0.4, -0.2) is 35.7 Å². The lowest BCUT2D eigenvalue weighted by atomic mass is 10.1. The fourth-order valence-electron chi connectivity index (χ4n) is 2.70. The van der Waals surface area contributed by atoms with Crippen LogP contribution in [0.1, 0.15) is 22.8 Å². The number of amides is 1. The third-order valence-electron chi connectivity index (χ3n) is 4.15. The molecule has 0 saturated heterocycles. The van der Waals surface area contributed by atoms with Gasteiger partial charge in [0.05, 0.1) is 34.2 Å². The van der Waals surface area contributed by atoms with Crippen molar-refractivity contribution >= 4 is 58.0 Å². The van der Waals surface area contributed by atoms with Gasteiger partial charge in [0.25, 0.3) is 5.91 Å². The van der Waals surface area contributed by atoms with Crippen molar-refractivity contribution < 1.29 is 24.2 Å². The lowest BCUT2D eigenvalue weighted by Crippen LogP contribution is -2.14. The summed E-state index contributed by atoms with van der Waals surface area (Å²) in [5, 5.41) is 11.3. The maximum Gasteiger partial charge on any atom is 0.344 e. The van der Waals surface area contributed by atoms with Crippen molar-refractivity contribution in [2.24, 2.45) is 4.99 Å². The molecule has 2 aromatic rings. The highest BCUT2D eigenvalue weighted by Crippen LogP contribution is 2.40. The topological polar surface area (TPSA) is 85.2 Å². The quantitative estimate of drug-likeness (QED) is 0.555. The molecule has 0 atom stereocenters. The van der Waals surface area contributed by atoms with E-state index in [0.29, 0.717) is 21.2 Å². The molecule has 2 aromatic carbocycles. The predicted molar refractivity (Wildman–Crippen MR) is 123 cm³/mol. The van der Waals surface area contributed by atoms with Gasteiger partial charge in [0.15, 0.2) is 0 Å². The molecule has 0 radical (unpaired) electrons. The Kier molecular flexibility index (Phi) is 7.43. The van der Waals surface area contributed by atoms with Gasteiger partial charge in [0.2, 0.25) is 0 Å². The molecule has 0 saturated carbocycles. The van der Waals surface area contributed by atoms with Crippen LogP contribution in [0.2, 0.25) is 10.0 Å². The number of thioether (sulfide) groups is 1. The van der Waals surface area contributed by atoms with Gasteiger partial charge in [-0.15, -0.1) is 0 Å². The lowest BCUT2D eigenvalue weighted by molar-refractivity contribution is -0.138. The van der Waals surface area contributed by atoms with Gasteiger partial charge in [-0.25, -0.2) is 9.79 Å². The van der Waals surface area contributed by atoms with Gasteiger partial charge >= 0.3 is 5.97 Å². The highest BCUT2D eigenvalue weighted by Gasteiger charge is 2.34. The molecule has 160 valence electrons. The number of carbonyl (C=O) groups is 2. The number of methoxy groups -OCH3 is 1. The van der Waals surface area contributed by atoms with Crippen molar-refractivity contribution in [3.63, 3.8) is 0 Å². The molecule has 0 spiro atoms. The first-order valence-corrected chi connectivity index (χ1v) is 10.6. The highest BCUT2D eigenvalue weighted by molar-refractivity contribution is 8.18. The second kappa shape index (κ2) is 10.0. The summed E-state index contributed by atoms with van der Waals surface area (Å²) in [6, 6.07) is 11.5. The first-order valence-electron chi connectivity index (χ1n) is 9.07. The van der Waals surface area contributed by atoms with Crippen molar-refractivity contribution in [1.82, 2.24) is 0 Å². The van der Waals surface area contributed by atoms with Crippen LogP contribution in [0.3, 0.4) is 0 Å². The fraction of sp³-hybridized carbons (Fsp3) is 0.136. The minimum absolute atomic E-state index is 0.0201. The van der Waals surface area contributed by atoms with Crippen molar-refractivity contribution in [2.75, 3.05) is 13.7 Å². The molecule has 1 aliphatic heterocycles. The number of aliphatic hydroxyl groups excluding tert-OH is 1. The van der Waals surface area contributed by atoms with Crippen molar-refractivity contribution in [1.29, 1.82) is 0 Å². The fourth-order valence-corrected chi connectivity index (χ4v) is 4.20. The number of esters is 1. The van der Waals surface area contributed by atoms with Gasteiger partial charge in [-0.2, -0.15) is 0 Å². The van der Waals surface area contributed by atoms with E-state index in [1.165, 1.54) is 13.2 Å². The van der Waals surface area contributed by atoms with Crippen LogP contribution in [-0.2, 0) is 9.53 Å². The number of aliphatic imine (C=N–C) groups is 1. The molecular weight excluding hydrogens is 461 g/mol. The SMILES string of the molecule is CCOC(=O)C1=C(O)/C(=C/c2ccc(OC)c(Cl)c2)SC1=NC(=O)c1ccccc1Cl. The number of carbonyl (C=O) groups excluding carboxylic acids is 2. The number of halogens is 2. The maximum atomic E-state index is 12.6. The third-order valence-corrected chi connectivity index (χ3v) is 5.80. The Morgan fingerprint density at radius 1 is 1.16 bits per heavy atom. The molecule has 1 heterocycles. The zero-order valence-corrected chi connectivity index (χ0v) is 18.8. The van der Waals surface area contributed by atoms with Gasteiger partial charge in [-0.1, -0.05) is 53.2 Å². The van der Waals surface area contributed by atoms with Crippen LogP contribution in [0.4, 0.5) is 0 Å². The number of rotatable bonds is 5. The first-order chi connectivity index (χ1) is 14.8. The standard InChI is InChI=1S/C22H17Cl2NO5S/c1-3-30-22(28)18-19(26)17(11-12-8-9-16(29-2)15(24)10-12)31-21(18)25-20(27)13-6-4-5-7-14(13)23/h4-11,26H,3H2,1-2H3/b17-11-,25-21?. The Morgan fingerprint density at radius 3 is 2.55 bits per heavy atom. The Morgan fingerprint density at radius 2 is 1.90 bits per heavy atom. The van der Waals surface area contributed by atoms with E-state index in [4.69, 9.17) is 32.7 Å². The minimum Gasteiger partial charge on any atom is -0.506 e. The van der Waals surface area contributed by atoms with Gasteiger partial charge < -0.3 is 14.6 Å². The molecule has 3 rings (SSSR count). The number of benzene rings is 2. The van der Waals surface area contributed by atoms with E-state index in [9.17, 15) is 14.7 Å². The lowest BCUT2D eigenvalue weighted by Gasteiger charge is -2.04. The summed E-state index contributed by atoms with van der Waals surface area (Å²) in [6.07, 6.45) is 1.62. The average molecular weight is 478 g/mol. The summed E-state index contributed by atoms with van der Waals surface area (Å²) in [6.45, 7) is 1.73.